The smallest absolute Gasteiger partial charge is 0.346 e. The van der Waals surface area contributed by atoms with Crippen molar-refractivity contribution >= 4 is 28.7 Å². The third-order valence-corrected chi connectivity index (χ3v) is 5.63. The molecule has 0 aromatic carbocycles. The molecule has 0 bridgehead atoms. The first-order valence-corrected chi connectivity index (χ1v) is 12.6. The number of aromatic amines is 5. The van der Waals surface area contributed by atoms with E-state index in [0.29, 0.717) is 5.56 Å². The minimum absolute atomic E-state index is 0.0388. The van der Waals surface area contributed by atoms with Crippen LogP contribution in [-0.2, 0) is 4.74 Å². The lowest BCUT2D eigenvalue weighted by atomic mass is 10.1. The van der Waals surface area contributed by atoms with Crippen LogP contribution < -0.4 is 45.4 Å². The molecule has 22 heteroatoms. The number of ether oxygens (including phenoxy) is 1. The number of imidazole rings is 1. The second-order valence-corrected chi connectivity index (χ2v) is 8.90. The van der Waals surface area contributed by atoms with E-state index < -0.39 is 53.8 Å². The van der Waals surface area contributed by atoms with E-state index in [0.717, 1.165) is 0 Å². The summed E-state index contributed by atoms with van der Waals surface area (Å²) >= 11 is 0. The normalized spacial score (nSPS) is 18.5. The van der Waals surface area contributed by atoms with E-state index in [4.69, 9.17) is 27.0 Å². The molecular formula is C23H29N13O9. The number of hydrogen-bond acceptors (Lipinski definition) is 16. The maximum Gasteiger partial charge on any atom is 0.346 e. The molecule has 0 saturated carbocycles. The van der Waals surface area contributed by atoms with Crippen molar-refractivity contribution < 1.29 is 20.1 Å². The van der Waals surface area contributed by atoms with Gasteiger partial charge in [-0.1, -0.05) is 0 Å². The number of rotatable bonds is 2. The molecule has 5 aromatic rings. The Labute approximate surface area is 248 Å². The minimum atomic E-state index is -1.29. The zero-order valence-electron chi connectivity index (χ0n) is 23.2. The second-order valence-electron chi connectivity index (χ2n) is 8.90. The van der Waals surface area contributed by atoms with Crippen molar-refractivity contribution in [2.24, 2.45) is 0 Å². The fourth-order valence-electron chi connectivity index (χ4n) is 3.49. The summed E-state index contributed by atoms with van der Waals surface area (Å²) in [5.41, 5.74) is 14.3. The van der Waals surface area contributed by atoms with Gasteiger partial charge in [-0.15, -0.1) is 0 Å². The first kappa shape index (κ1) is 33.5. The monoisotopic (exact) mass is 631 g/mol. The maximum absolute atomic E-state index is 11.7. The van der Waals surface area contributed by atoms with Gasteiger partial charge in [-0.25, -0.2) is 19.4 Å². The molecule has 0 spiro atoms. The van der Waals surface area contributed by atoms with Gasteiger partial charge in [0.05, 0.1) is 12.9 Å². The van der Waals surface area contributed by atoms with Gasteiger partial charge in [0.1, 0.15) is 29.9 Å². The predicted molar refractivity (Wildman–Crippen MR) is 157 cm³/mol. The second kappa shape index (κ2) is 15.0. The Balaban J connectivity index is 0.000000184. The number of fused-ring (bicyclic) bond motifs is 1. The first-order valence-electron chi connectivity index (χ1n) is 12.6. The van der Waals surface area contributed by atoms with Gasteiger partial charge in [0.15, 0.2) is 17.4 Å². The molecule has 0 radical (unpaired) electrons. The van der Waals surface area contributed by atoms with Gasteiger partial charge in [0, 0.05) is 24.2 Å². The number of H-pyrrole nitrogens is 5. The van der Waals surface area contributed by atoms with Crippen molar-refractivity contribution in [1.29, 1.82) is 0 Å². The Bertz CT molecular complexity index is 1960. The number of nitrogens with one attached hydrogen (secondary N) is 5. The third kappa shape index (κ3) is 9.01. The van der Waals surface area contributed by atoms with E-state index >= 15 is 0 Å². The third-order valence-electron chi connectivity index (χ3n) is 5.63. The molecule has 4 atom stereocenters. The molecule has 0 aliphatic carbocycles. The predicted octanol–water partition coefficient (Wildman–Crippen LogP) is -4.61. The highest BCUT2D eigenvalue weighted by molar-refractivity contribution is 5.70. The molecule has 0 amide bonds. The largest absolute Gasteiger partial charge is 0.394 e. The molecular weight excluding hydrogens is 602 g/mol. The molecule has 1 fully saturated rings. The molecule has 0 unspecified atom stereocenters. The number of nitrogens with two attached hydrogens (primary N) is 3. The summed E-state index contributed by atoms with van der Waals surface area (Å²) in [6.45, 7) is 1.17. The Morgan fingerprint density at radius 3 is 1.91 bits per heavy atom. The number of aryl methyl sites for hydroxylation is 1. The zero-order chi connectivity index (χ0) is 33.3. The van der Waals surface area contributed by atoms with Crippen LogP contribution in [0.15, 0.2) is 61.0 Å². The van der Waals surface area contributed by atoms with Crippen molar-refractivity contribution in [2.45, 2.75) is 31.5 Å². The van der Waals surface area contributed by atoms with Gasteiger partial charge in [0.25, 0.3) is 11.1 Å². The van der Waals surface area contributed by atoms with Gasteiger partial charge in [-0.2, -0.15) is 15.0 Å². The van der Waals surface area contributed by atoms with E-state index in [2.05, 4.69) is 44.9 Å². The number of nitrogens with zero attached hydrogens (tertiary/aromatic N) is 5. The highest BCUT2D eigenvalue weighted by Crippen LogP contribution is 2.30. The molecule has 14 N–H and O–H groups in total. The average Bonchev–Trinajstić information content (AvgIpc) is 3.52. The lowest BCUT2D eigenvalue weighted by Gasteiger charge is -2.16. The fraction of sp³-hybridized carbons (Fsp3) is 0.261. The summed E-state index contributed by atoms with van der Waals surface area (Å²) in [5, 5.41) is 28.7. The number of aliphatic hydroxyl groups is 3. The molecule has 1 saturated heterocycles. The summed E-state index contributed by atoms with van der Waals surface area (Å²) in [6.07, 6.45) is 1.06. The first-order chi connectivity index (χ1) is 21.3. The maximum atomic E-state index is 11.7. The lowest BCUT2D eigenvalue weighted by molar-refractivity contribution is -0.0511. The number of aromatic nitrogens is 10. The topological polar surface area (TPSA) is 369 Å². The van der Waals surface area contributed by atoms with Crippen LogP contribution in [0.1, 0.15) is 11.8 Å². The highest BCUT2D eigenvalue weighted by atomic mass is 16.6. The number of nitrogen functional groups attached to an aromatic ring is 3. The van der Waals surface area contributed by atoms with Gasteiger partial charge >= 0.3 is 17.1 Å². The lowest BCUT2D eigenvalue weighted by Crippen LogP contribution is -2.33. The van der Waals surface area contributed by atoms with E-state index in [-0.39, 0.29) is 34.3 Å². The van der Waals surface area contributed by atoms with Crippen molar-refractivity contribution in [3.63, 3.8) is 0 Å². The molecule has 6 heterocycles. The van der Waals surface area contributed by atoms with Gasteiger partial charge < -0.3 is 52.2 Å². The van der Waals surface area contributed by atoms with Crippen molar-refractivity contribution in [1.82, 2.24) is 49.4 Å². The van der Waals surface area contributed by atoms with E-state index in [1.807, 2.05) is 0 Å². The van der Waals surface area contributed by atoms with Crippen LogP contribution in [0, 0.1) is 6.92 Å². The quantitative estimate of drug-likeness (QED) is 0.0872. The van der Waals surface area contributed by atoms with Crippen LogP contribution in [0.5, 0.6) is 0 Å². The van der Waals surface area contributed by atoms with Crippen molar-refractivity contribution in [3.8, 4) is 0 Å². The number of anilines is 3. The van der Waals surface area contributed by atoms with E-state index in [1.54, 1.807) is 6.92 Å². The summed E-state index contributed by atoms with van der Waals surface area (Å²) < 4.78 is 6.64. The van der Waals surface area contributed by atoms with Crippen LogP contribution in [0.4, 0.5) is 17.6 Å². The van der Waals surface area contributed by atoms with Crippen molar-refractivity contribution in [2.75, 3.05) is 23.8 Å². The SMILES string of the molecule is Cc1c[nH]c(=O)[nH]c1=O.Nc1cc[nH]c(=O)n1.Nc1cc[nH]c(=O)n1.Nc1nc2c(ncn2[C@@H]2O[C@H](CO)[C@@H](O)[C@H]2O)c(=O)[nH]1. The van der Waals surface area contributed by atoms with Crippen LogP contribution in [0.2, 0.25) is 0 Å². The van der Waals surface area contributed by atoms with Gasteiger partial charge in [-0.3, -0.25) is 24.1 Å². The highest BCUT2D eigenvalue weighted by Gasteiger charge is 2.44. The number of aliphatic hydroxyl groups excluding tert-OH is 3. The summed E-state index contributed by atoms with van der Waals surface area (Å²) in [6, 6.07) is 3.03. The molecule has 240 valence electrons. The van der Waals surface area contributed by atoms with Crippen LogP contribution in [0.3, 0.4) is 0 Å². The molecule has 6 rings (SSSR count). The minimum Gasteiger partial charge on any atom is -0.394 e. The Kier molecular flexibility index (Phi) is 11.2. The summed E-state index contributed by atoms with van der Waals surface area (Å²) in [5.74, 6) is 0.387. The van der Waals surface area contributed by atoms with E-state index in [1.165, 1.54) is 41.6 Å². The molecule has 1 aliphatic heterocycles. The molecule has 1 aliphatic rings. The van der Waals surface area contributed by atoms with Crippen molar-refractivity contribution in [3.05, 3.63) is 94.8 Å². The molecule has 5 aromatic heterocycles. The van der Waals surface area contributed by atoms with Gasteiger partial charge in [-0.05, 0) is 19.1 Å². The number of hydrogen-bond donors (Lipinski definition) is 11. The Morgan fingerprint density at radius 1 is 0.867 bits per heavy atom. The molecule has 45 heavy (non-hydrogen) atoms. The zero-order valence-corrected chi connectivity index (χ0v) is 23.2. The van der Waals surface area contributed by atoms with E-state index in [9.17, 15) is 34.2 Å². The summed E-state index contributed by atoms with van der Waals surface area (Å²) in [7, 11) is 0. The standard InChI is InChI=1S/C10H13N5O5.C5H6N2O2.2C4H5N3O/c11-10-13-7-4(8(19)14-10)12-2-15(7)9-6(18)5(17)3(1-16)20-9;1-3-2-6-5(9)7-4(3)8;2*5-3-1-2-6-4(8)7-3/h2-3,5-6,9,16-18H,1H2,(H3,11,13,14,19);2H,1H3,(H2,6,7,8,9);2*1-2H,(H3,5,6,7,8)/t3-,5-,6-,9-;;;/m1.../s1. The average molecular weight is 632 g/mol. The fourth-order valence-corrected chi connectivity index (χ4v) is 3.49. The Hall–Kier alpha value is -5.97. The molecule has 22 nitrogen and oxygen atoms in total. The van der Waals surface area contributed by atoms with Crippen LogP contribution in [0.25, 0.3) is 11.2 Å². The summed E-state index contributed by atoms with van der Waals surface area (Å²) in [4.78, 5) is 78.9. The Morgan fingerprint density at radius 2 is 1.47 bits per heavy atom. The van der Waals surface area contributed by atoms with Crippen LogP contribution >= 0.6 is 0 Å². The van der Waals surface area contributed by atoms with Gasteiger partial charge in [0.2, 0.25) is 5.95 Å². The van der Waals surface area contributed by atoms with Crippen LogP contribution in [-0.4, -0.2) is 89.7 Å².